The minimum Gasteiger partial charge on any atom is -0.359 e. The van der Waals surface area contributed by atoms with E-state index in [2.05, 4.69) is 60.4 Å². The van der Waals surface area contributed by atoms with Gasteiger partial charge >= 0.3 is 0 Å². The van der Waals surface area contributed by atoms with Crippen LogP contribution in [0.15, 0.2) is 5.38 Å². The normalized spacial score (nSPS) is 11.6. The lowest BCUT2D eigenvalue weighted by atomic mass is 10.3. The first-order chi connectivity index (χ1) is 9.45. The molecule has 0 atom stereocenters. The summed E-state index contributed by atoms with van der Waals surface area (Å²) in [5.41, 5.74) is 2.13. The van der Waals surface area contributed by atoms with Crippen LogP contribution in [0.4, 0.5) is 5.13 Å². The van der Waals surface area contributed by atoms with Crippen LogP contribution in [0.25, 0.3) is 10.6 Å². The van der Waals surface area contributed by atoms with Crippen molar-refractivity contribution in [3.8, 4) is 10.6 Å². The Morgan fingerprint density at radius 3 is 2.70 bits per heavy atom. The fourth-order valence-electron chi connectivity index (χ4n) is 1.81. The van der Waals surface area contributed by atoms with E-state index in [0.717, 1.165) is 29.5 Å². The molecule has 6 heteroatoms. The average molecular weight is 310 g/mol. The van der Waals surface area contributed by atoms with Crippen molar-refractivity contribution in [3.63, 3.8) is 0 Å². The quantitative estimate of drug-likeness (QED) is 0.886. The second-order valence-electron chi connectivity index (χ2n) is 5.41. The molecule has 110 valence electrons. The summed E-state index contributed by atoms with van der Waals surface area (Å²) in [5, 5.41) is 7.63. The van der Waals surface area contributed by atoms with Gasteiger partial charge in [0.25, 0.3) is 0 Å². The van der Waals surface area contributed by atoms with E-state index in [4.69, 9.17) is 0 Å². The van der Waals surface area contributed by atoms with Crippen LogP contribution in [0.3, 0.4) is 0 Å². The first-order valence-corrected chi connectivity index (χ1v) is 8.48. The van der Waals surface area contributed by atoms with Crippen molar-refractivity contribution in [2.24, 2.45) is 0 Å². The molecule has 2 rings (SSSR count). The van der Waals surface area contributed by atoms with Crippen LogP contribution in [0.5, 0.6) is 0 Å². The summed E-state index contributed by atoms with van der Waals surface area (Å²) >= 11 is 3.42. The van der Waals surface area contributed by atoms with Gasteiger partial charge in [0, 0.05) is 24.4 Å². The Labute approximate surface area is 128 Å². The third kappa shape index (κ3) is 4.01. The molecule has 0 spiro atoms. The largest absolute Gasteiger partial charge is 0.359 e. The first kappa shape index (κ1) is 15.4. The Hall–Kier alpha value is -0.980. The molecule has 0 bridgehead atoms. The minimum absolute atomic E-state index is 0.409. The standard InChI is InChI=1S/C14H22N4S2/c1-9(2)15-14-17-11(8-19-14)13-10(3)16-12(20-13)6-7-18(4)5/h8-9H,6-7H2,1-5H3,(H,15,17). The molecule has 1 N–H and O–H groups in total. The van der Waals surface area contributed by atoms with Gasteiger partial charge in [-0.15, -0.1) is 22.7 Å². The Bertz CT molecular complexity index is 557. The summed E-state index contributed by atoms with van der Waals surface area (Å²) in [7, 11) is 4.18. The van der Waals surface area contributed by atoms with Gasteiger partial charge in [-0.25, -0.2) is 9.97 Å². The fraction of sp³-hybridized carbons (Fsp3) is 0.571. The fourth-order valence-corrected chi connectivity index (χ4v) is 3.74. The zero-order valence-electron chi connectivity index (χ0n) is 12.7. The molecule has 0 saturated heterocycles. The number of aromatic nitrogens is 2. The van der Waals surface area contributed by atoms with E-state index in [1.165, 1.54) is 9.88 Å². The van der Waals surface area contributed by atoms with E-state index in [1.807, 2.05) is 0 Å². The minimum atomic E-state index is 0.409. The molecule has 0 amide bonds. The molecule has 0 radical (unpaired) electrons. The Morgan fingerprint density at radius 2 is 2.05 bits per heavy atom. The SMILES string of the molecule is Cc1nc(CCN(C)C)sc1-c1csc(NC(C)C)n1. The van der Waals surface area contributed by atoms with Gasteiger partial charge in [0.15, 0.2) is 5.13 Å². The highest BCUT2D eigenvalue weighted by molar-refractivity contribution is 7.16. The molecule has 0 aliphatic rings. The molecule has 0 saturated carbocycles. The number of hydrogen-bond donors (Lipinski definition) is 1. The summed E-state index contributed by atoms with van der Waals surface area (Å²) in [6, 6.07) is 0.409. The molecule has 0 unspecified atom stereocenters. The second-order valence-corrected chi connectivity index (χ2v) is 7.35. The summed E-state index contributed by atoms with van der Waals surface area (Å²) in [5.74, 6) is 0. The highest BCUT2D eigenvalue weighted by Crippen LogP contribution is 2.32. The molecule has 4 nitrogen and oxygen atoms in total. The van der Waals surface area contributed by atoms with Crippen LogP contribution < -0.4 is 5.32 Å². The van der Waals surface area contributed by atoms with E-state index in [1.54, 1.807) is 22.7 Å². The topological polar surface area (TPSA) is 41.1 Å². The third-order valence-electron chi connectivity index (χ3n) is 2.76. The maximum atomic E-state index is 4.67. The number of nitrogens with one attached hydrogen (secondary N) is 1. The predicted molar refractivity (Wildman–Crippen MR) is 89.0 cm³/mol. The molecular weight excluding hydrogens is 288 g/mol. The van der Waals surface area contributed by atoms with E-state index < -0.39 is 0 Å². The summed E-state index contributed by atoms with van der Waals surface area (Å²) in [6.07, 6.45) is 1.000. The molecule has 0 aromatic carbocycles. The number of anilines is 1. The van der Waals surface area contributed by atoms with E-state index in [0.29, 0.717) is 6.04 Å². The third-order valence-corrected chi connectivity index (χ3v) is 4.78. The maximum Gasteiger partial charge on any atom is 0.183 e. The molecule has 0 aliphatic carbocycles. The van der Waals surface area contributed by atoms with Crippen LogP contribution in [0.2, 0.25) is 0 Å². The lowest BCUT2D eigenvalue weighted by Crippen LogP contribution is -2.14. The van der Waals surface area contributed by atoms with Gasteiger partial charge in [-0.1, -0.05) is 0 Å². The molecule has 2 aromatic rings. The zero-order chi connectivity index (χ0) is 14.7. The van der Waals surface area contributed by atoms with E-state index in [9.17, 15) is 0 Å². The molecule has 2 aromatic heterocycles. The number of nitrogens with zero attached hydrogens (tertiary/aromatic N) is 3. The number of rotatable bonds is 6. The van der Waals surface area contributed by atoms with E-state index in [-0.39, 0.29) is 0 Å². The lowest BCUT2D eigenvalue weighted by molar-refractivity contribution is 0.413. The van der Waals surface area contributed by atoms with Gasteiger partial charge in [-0.3, -0.25) is 0 Å². The van der Waals surface area contributed by atoms with Crippen molar-refractivity contribution in [1.82, 2.24) is 14.9 Å². The average Bonchev–Trinajstić information content (AvgIpc) is 2.92. The zero-order valence-corrected chi connectivity index (χ0v) is 14.4. The van der Waals surface area contributed by atoms with Crippen molar-refractivity contribution >= 4 is 27.8 Å². The first-order valence-electron chi connectivity index (χ1n) is 6.79. The van der Waals surface area contributed by atoms with Crippen LogP contribution >= 0.6 is 22.7 Å². The highest BCUT2D eigenvalue weighted by Gasteiger charge is 2.13. The smallest absolute Gasteiger partial charge is 0.183 e. The van der Waals surface area contributed by atoms with Gasteiger partial charge in [-0.05, 0) is 34.9 Å². The summed E-state index contributed by atoms with van der Waals surface area (Å²) in [4.78, 5) is 12.7. The second kappa shape index (κ2) is 6.65. The van der Waals surface area contributed by atoms with Crippen molar-refractivity contribution in [1.29, 1.82) is 0 Å². The summed E-state index contributed by atoms with van der Waals surface area (Å²) < 4.78 is 0. The number of likely N-dealkylation sites (N-methyl/N-ethyl adjacent to an activating group) is 1. The monoisotopic (exact) mass is 310 g/mol. The van der Waals surface area contributed by atoms with Gasteiger partial charge < -0.3 is 10.2 Å². The Balaban J connectivity index is 2.13. The molecule has 0 aliphatic heterocycles. The van der Waals surface area contributed by atoms with Crippen LogP contribution in [-0.4, -0.2) is 41.5 Å². The van der Waals surface area contributed by atoms with Gasteiger partial charge in [0.1, 0.15) is 0 Å². The summed E-state index contributed by atoms with van der Waals surface area (Å²) in [6.45, 7) is 7.35. The van der Waals surface area contributed by atoms with Gasteiger partial charge in [0.2, 0.25) is 0 Å². The van der Waals surface area contributed by atoms with Crippen molar-refractivity contribution in [3.05, 3.63) is 16.1 Å². The number of aryl methyl sites for hydroxylation is 1. The van der Waals surface area contributed by atoms with Gasteiger partial charge in [-0.2, -0.15) is 0 Å². The predicted octanol–water partition coefficient (Wildman–Crippen LogP) is 3.50. The van der Waals surface area contributed by atoms with Crippen molar-refractivity contribution in [2.45, 2.75) is 33.2 Å². The number of thiazole rings is 2. The lowest BCUT2D eigenvalue weighted by Gasteiger charge is -2.06. The van der Waals surface area contributed by atoms with Gasteiger partial charge in [0.05, 0.1) is 21.3 Å². The highest BCUT2D eigenvalue weighted by atomic mass is 32.1. The number of hydrogen-bond acceptors (Lipinski definition) is 6. The van der Waals surface area contributed by atoms with E-state index >= 15 is 0 Å². The maximum absolute atomic E-state index is 4.67. The molecule has 2 heterocycles. The molecule has 0 fully saturated rings. The van der Waals surface area contributed by atoms with Crippen molar-refractivity contribution in [2.75, 3.05) is 26.0 Å². The Kier molecular flexibility index (Phi) is 5.12. The van der Waals surface area contributed by atoms with Crippen LogP contribution in [-0.2, 0) is 6.42 Å². The Morgan fingerprint density at radius 1 is 1.30 bits per heavy atom. The molecular formula is C14H22N4S2. The van der Waals surface area contributed by atoms with Crippen molar-refractivity contribution < 1.29 is 0 Å². The van der Waals surface area contributed by atoms with Crippen LogP contribution in [0.1, 0.15) is 24.5 Å². The molecule has 20 heavy (non-hydrogen) atoms. The van der Waals surface area contributed by atoms with Crippen LogP contribution in [0, 0.1) is 6.92 Å².